The summed E-state index contributed by atoms with van der Waals surface area (Å²) in [6.07, 6.45) is 1.68. The molecule has 4 rings (SSSR count). The second kappa shape index (κ2) is 6.65. The molecule has 3 aromatic rings. The van der Waals surface area contributed by atoms with E-state index in [2.05, 4.69) is 15.7 Å². The molecule has 0 saturated carbocycles. The van der Waals surface area contributed by atoms with Gasteiger partial charge in [0.2, 0.25) is 11.8 Å². The van der Waals surface area contributed by atoms with Crippen LogP contribution in [0.5, 0.6) is 0 Å². The number of rotatable bonds is 3. The lowest BCUT2D eigenvalue weighted by Crippen LogP contribution is -2.35. The molecule has 0 unspecified atom stereocenters. The zero-order valence-corrected chi connectivity index (χ0v) is 14.4. The second-order valence-electron chi connectivity index (χ2n) is 5.98. The van der Waals surface area contributed by atoms with Crippen LogP contribution in [-0.2, 0) is 9.59 Å². The van der Waals surface area contributed by atoms with E-state index in [4.69, 9.17) is 11.6 Å². The Hall–Kier alpha value is -3.12. The molecule has 0 radical (unpaired) electrons. The van der Waals surface area contributed by atoms with Gasteiger partial charge >= 0.3 is 0 Å². The third kappa shape index (κ3) is 3.07. The molecule has 130 valence electrons. The van der Waals surface area contributed by atoms with Crippen LogP contribution < -0.4 is 10.6 Å². The van der Waals surface area contributed by atoms with Gasteiger partial charge in [-0.15, -0.1) is 0 Å². The van der Waals surface area contributed by atoms with Crippen molar-refractivity contribution in [1.29, 1.82) is 0 Å². The van der Waals surface area contributed by atoms with Crippen LogP contribution in [0.2, 0.25) is 5.02 Å². The zero-order valence-electron chi connectivity index (χ0n) is 13.6. The number of para-hydroxylation sites is 1. The molecule has 1 aromatic heterocycles. The molecule has 0 spiro atoms. The van der Waals surface area contributed by atoms with E-state index in [-0.39, 0.29) is 18.2 Å². The molecule has 2 heterocycles. The van der Waals surface area contributed by atoms with Crippen molar-refractivity contribution in [2.45, 2.75) is 12.5 Å². The van der Waals surface area contributed by atoms with E-state index in [0.717, 1.165) is 11.1 Å². The van der Waals surface area contributed by atoms with Crippen LogP contribution >= 0.6 is 11.6 Å². The molecule has 2 aromatic carbocycles. The summed E-state index contributed by atoms with van der Waals surface area (Å²) in [7, 11) is 0. The number of anilines is 2. The lowest BCUT2D eigenvalue weighted by molar-refractivity contribution is -0.125. The van der Waals surface area contributed by atoms with E-state index in [1.807, 2.05) is 30.3 Å². The fraction of sp³-hybridized carbons (Fsp3) is 0.105. The van der Waals surface area contributed by atoms with E-state index in [9.17, 15) is 9.59 Å². The summed E-state index contributed by atoms with van der Waals surface area (Å²) in [4.78, 5) is 24.9. The van der Waals surface area contributed by atoms with E-state index >= 15 is 0 Å². The van der Waals surface area contributed by atoms with Crippen molar-refractivity contribution in [3.05, 3.63) is 65.8 Å². The third-order valence-electron chi connectivity index (χ3n) is 4.23. The molecular formula is C19H15ClN4O2. The van der Waals surface area contributed by atoms with Crippen molar-refractivity contribution in [1.82, 2.24) is 9.78 Å². The number of hydrogen-bond acceptors (Lipinski definition) is 3. The van der Waals surface area contributed by atoms with E-state index < -0.39 is 6.04 Å². The van der Waals surface area contributed by atoms with Crippen LogP contribution in [0, 0.1) is 0 Å². The largest absolute Gasteiger partial charge is 0.324 e. The Kier molecular flexibility index (Phi) is 4.18. The standard InChI is InChI=1S/C19H15ClN4O2/c20-13-8-6-12(7-9-13)15-11-21-24-16(10-17(25)23-18(15)24)19(26)22-14-4-2-1-3-5-14/h1-9,11,16H,10H2,(H,22,26)(H,23,25)/t16-/m1/s1. The molecule has 1 aliphatic heterocycles. The van der Waals surface area contributed by atoms with Crippen molar-refractivity contribution in [3.63, 3.8) is 0 Å². The monoisotopic (exact) mass is 366 g/mol. The molecule has 2 N–H and O–H groups in total. The van der Waals surface area contributed by atoms with Crippen molar-refractivity contribution in [3.8, 4) is 11.1 Å². The normalized spacial score (nSPS) is 15.9. The predicted molar refractivity (Wildman–Crippen MR) is 100 cm³/mol. The van der Waals surface area contributed by atoms with Crippen molar-refractivity contribution in [2.75, 3.05) is 10.6 Å². The number of carbonyl (C=O) groups is 2. The van der Waals surface area contributed by atoms with Crippen LogP contribution in [0.15, 0.2) is 60.8 Å². The van der Waals surface area contributed by atoms with Gasteiger partial charge in [-0.2, -0.15) is 5.10 Å². The Morgan fingerprint density at radius 3 is 2.62 bits per heavy atom. The Morgan fingerprint density at radius 1 is 1.15 bits per heavy atom. The average Bonchev–Trinajstić information content (AvgIpc) is 3.06. The second-order valence-corrected chi connectivity index (χ2v) is 6.42. The van der Waals surface area contributed by atoms with Crippen LogP contribution in [0.4, 0.5) is 11.5 Å². The van der Waals surface area contributed by atoms with Crippen LogP contribution in [-0.4, -0.2) is 21.6 Å². The lowest BCUT2D eigenvalue weighted by Gasteiger charge is -2.24. The topological polar surface area (TPSA) is 76.0 Å². The van der Waals surface area contributed by atoms with Crippen LogP contribution in [0.25, 0.3) is 11.1 Å². The number of nitrogens with zero attached hydrogens (tertiary/aromatic N) is 2. The Labute approximate surface area is 154 Å². The molecule has 6 nitrogen and oxygen atoms in total. The van der Waals surface area contributed by atoms with Gasteiger partial charge in [0.25, 0.3) is 0 Å². The predicted octanol–water partition coefficient (Wildman–Crippen LogP) is 3.73. The first kappa shape index (κ1) is 16.4. The molecule has 0 bridgehead atoms. The Balaban J connectivity index is 1.67. The number of halogens is 1. The quantitative estimate of drug-likeness (QED) is 0.741. The van der Waals surface area contributed by atoms with Crippen LogP contribution in [0.1, 0.15) is 12.5 Å². The minimum Gasteiger partial charge on any atom is -0.324 e. The third-order valence-corrected chi connectivity index (χ3v) is 4.48. The summed E-state index contributed by atoms with van der Waals surface area (Å²) in [6.45, 7) is 0. The molecule has 26 heavy (non-hydrogen) atoms. The molecule has 7 heteroatoms. The Bertz CT molecular complexity index is 967. The van der Waals surface area contributed by atoms with Crippen molar-refractivity contribution < 1.29 is 9.59 Å². The number of nitrogens with one attached hydrogen (secondary N) is 2. The number of fused-ring (bicyclic) bond motifs is 1. The number of aromatic nitrogens is 2. The summed E-state index contributed by atoms with van der Waals surface area (Å²) in [6, 6.07) is 15.7. The van der Waals surface area contributed by atoms with Crippen molar-refractivity contribution >= 4 is 34.9 Å². The number of carbonyl (C=O) groups excluding carboxylic acids is 2. The molecule has 1 aliphatic rings. The molecule has 2 amide bonds. The molecular weight excluding hydrogens is 352 g/mol. The van der Waals surface area contributed by atoms with Gasteiger partial charge in [-0.05, 0) is 29.8 Å². The molecule has 0 saturated heterocycles. The van der Waals surface area contributed by atoms with Gasteiger partial charge in [0.05, 0.1) is 12.6 Å². The fourth-order valence-corrected chi connectivity index (χ4v) is 3.09. The van der Waals surface area contributed by atoms with E-state index in [0.29, 0.717) is 16.5 Å². The maximum Gasteiger partial charge on any atom is 0.249 e. The SMILES string of the molecule is O=C1C[C@H](C(=O)Nc2ccccc2)n2ncc(-c3ccc(Cl)cc3)c2N1. The summed E-state index contributed by atoms with van der Waals surface area (Å²) in [5.41, 5.74) is 2.28. The van der Waals surface area contributed by atoms with Gasteiger partial charge in [0, 0.05) is 16.3 Å². The minimum absolute atomic E-state index is 0.0351. The first-order chi connectivity index (χ1) is 12.6. The maximum absolute atomic E-state index is 12.7. The zero-order chi connectivity index (χ0) is 18.1. The van der Waals surface area contributed by atoms with Gasteiger partial charge in [0.15, 0.2) is 0 Å². The van der Waals surface area contributed by atoms with Gasteiger partial charge in [-0.1, -0.05) is 41.9 Å². The summed E-state index contributed by atoms with van der Waals surface area (Å²) in [5.74, 6) is 0.0104. The van der Waals surface area contributed by atoms with Gasteiger partial charge in [0.1, 0.15) is 11.9 Å². The molecule has 0 aliphatic carbocycles. The van der Waals surface area contributed by atoms with Crippen molar-refractivity contribution in [2.24, 2.45) is 0 Å². The van der Waals surface area contributed by atoms with Gasteiger partial charge in [-0.25, -0.2) is 4.68 Å². The smallest absolute Gasteiger partial charge is 0.249 e. The minimum atomic E-state index is -0.708. The highest BCUT2D eigenvalue weighted by atomic mass is 35.5. The number of hydrogen-bond donors (Lipinski definition) is 2. The number of benzene rings is 2. The van der Waals surface area contributed by atoms with Gasteiger partial charge in [-0.3, -0.25) is 9.59 Å². The van der Waals surface area contributed by atoms with Gasteiger partial charge < -0.3 is 10.6 Å². The molecule has 0 fully saturated rings. The summed E-state index contributed by atoms with van der Waals surface area (Å²) >= 11 is 5.94. The summed E-state index contributed by atoms with van der Waals surface area (Å²) < 4.78 is 1.56. The fourth-order valence-electron chi connectivity index (χ4n) is 2.96. The maximum atomic E-state index is 12.7. The van der Waals surface area contributed by atoms with Crippen LogP contribution in [0.3, 0.4) is 0 Å². The lowest BCUT2D eigenvalue weighted by atomic mass is 10.1. The summed E-state index contributed by atoms with van der Waals surface area (Å²) in [5, 5.41) is 10.6. The molecule has 1 atom stereocenters. The highest BCUT2D eigenvalue weighted by Gasteiger charge is 2.33. The van der Waals surface area contributed by atoms with E-state index in [1.54, 1.807) is 35.1 Å². The average molecular weight is 367 g/mol. The highest BCUT2D eigenvalue weighted by Crippen LogP contribution is 2.34. The highest BCUT2D eigenvalue weighted by molar-refractivity contribution is 6.30. The first-order valence-electron chi connectivity index (χ1n) is 8.11. The first-order valence-corrected chi connectivity index (χ1v) is 8.49. The number of amides is 2. The van der Waals surface area contributed by atoms with E-state index in [1.165, 1.54) is 0 Å². The Morgan fingerprint density at radius 2 is 1.88 bits per heavy atom.